The highest BCUT2D eigenvalue weighted by atomic mass is 16.5. The van der Waals surface area contributed by atoms with Crippen LogP contribution in [0.25, 0.3) is 0 Å². The molecule has 88 valence electrons. The monoisotopic (exact) mass is 228 g/mol. The van der Waals surface area contributed by atoms with Gasteiger partial charge in [0.15, 0.2) is 0 Å². The van der Waals surface area contributed by atoms with Crippen LogP contribution >= 0.6 is 0 Å². The molecule has 3 nitrogen and oxygen atoms in total. The summed E-state index contributed by atoms with van der Waals surface area (Å²) in [5.41, 5.74) is 6.71. The number of hydrogen-bond donors (Lipinski definition) is 1. The van der Waals surface area contributed by atoms with Crippen LogP contribution in [0, 0.1) is 0 Å². The van der Waals surface area contributed by atoms with E-state index in [0.717, 1.165) is 24.3 Å². The van der Waals surface area contributed by atoms with Crippen LogP contribution < -0.4 is 10.5 Å². The van der Waals surface area contributed by atoms with Gasteiger partial charge in [-0.2, -0.15) is 0 Å². The van der Waals surface area contributed by atoms with Crippen molar-refractivity contribution in [3.8, 4) is 11.5 Å². The quantitative estimate of drug-likeness (QED) is 0.856. The van der Waals surface area contributed by atoms with E-state index in [1.807, 2.05) is 30.3 Å². The van der Waals surface area contributed by atoms with Crippen LogP contribution in [0.3, 0.4) is 0 Å². The van der Waals surface area contributed by atoms with Crippen LogP contribution in [0.1, 0.15) is 12.0 Å². The molecule has 1 aromatic carbocycles. The Balaban J connectivity index is 2.15. The summed E-state index contributed by atoms with van der Waals surface area (Å²) < 4.78 is 5.80. The number of aryl methyl sites for hydroxylation is 1. The molecule has 2 aromatic rings. The van der Waals surface area contributed by atoms with E-state index in [4.69, 9.17) is 10.5 Å². The number of para-hydroxylation sites is 1. The molecule has 0 fully saturated rings. The fraction of sp³-hybridized carbons (Fsp3) is 0.214. The SMILES string of the molecule is NCCCc1ccccc1Oc1cccnc1. The summed E-state index contributed by atoms with van der Waals surface area (Å²) in [5.74, 6) is 1.64. The van der Waals surface area contributed by atoms with Gasteiger partial charge in [0.25, 0.3) is 0 Å². The van der Waals surface area contributed by atoms with Crippen molar-refractivity contribution < 1.29 is 4.74 Å². The highest BCUT2D eigenvalue weighted by Crippen LogP contribution is 2.25. The van der Waals surface area contributed by atoms with Gasteiger partial charge in [0, 0.05) is 6.20 Å². The Morgan fingerprint density at radius 1 is 1.12 bits per heavy atom. The van der Waals surface area contributed by atoms with Gasteiger partial charge in [0.05, 0.1) is 6.20 Å². The lowest BCUT2D eigenvalue weighted by molar-refractivity contribution is 0.473. The normalized spacial score (nSPS) is 10.2. The molecule has 0 saturated heterocycles. The number of aromatic nitrogens is 1. The number of hydrogen-bond acceptors (Lipinski definition) is 3. The first kappa shape index (κ1) is 11.6. The van der Waals surface area contributed by atoms with Crippen molar-refractivity contribution >= 4 is 0 Å². The summed E-state index contributed by atoms with van der Waals surface area (Å²) in [6, 6.07) is 11.8. The van der Waals surface area contributed by atoms with Crippen LogP contribution in [0.5, 0.6) is 11.5 Å². The third kappa shape index (κ3) is 3.29. The zero-order valence-corrected chi connectivity index (χ0v) is 9.67. The van der Waals surface area contributed by atoms with Crippen LogP contribution in [-0.2, 0) is 6.42 Å². The Morgan fingerprint density at radius 2 is 2.00 bits per heavy atom. The van der Waals surface area contributed by atoms with Crippen LogP contribution in [-0.4, -0.2) is 11.5 Å². The topological polar surface area (TPSA) is 48.1 Å². The Bertz CT molecular complexity index is 457. The number of rotatable bonds is 5. The van der Waals surface area contributed by atoms with Crippen molar-refractivity contribution in [2.24, 2.45) is 5.73 Å². The Kier molecular flexibility index (Phi) is 4.11. The molecule has 0 saturated carbocycles. The molecule has 0 unspecified atom stereocenters. The maximum absolute atomic E-state index is 5.80. The van der Waals surface area contributed by atoms with E-state index >= 15 is 0 Å². The van der Waals surface area contributed by atoms with Crippen LogP contribution in [0.4, 0.5) is 0 Å². The Hall–Kier alpha value is -1.87. The zero-order chi connectivity index (χ0) is 11.9. The number of pyridine rings is 1. The van der Waals surface area contributed by atoms with Gasteiger partial charge >= 0.3 is 0 Å². The summed E-state index contributed by atoms with van der Waals surface area (Å²) in [4.78, 5) is 4.03. The van der Waals surface area contributed by atoms with Crippen molar-refractivity contribution in [1.29, 1.82) is 0 Å². The molecule has 0 aliphatic heterocycles. The average Bonchev–Trinajstić information content (AvgIpc) is 2.39. The molecule has 0 aliphatic rings. The molecule has 0 spiro atoms. The van der Waals surface area contributed by atoms with Gasteiger partial charge in [-0.3, -0.25) is 4.98 Å². The molecule has 0 aliphatic carbocycles. The lowest BCUT2D eigenvalue weighted by Gasteiger charge is -2.10. The molecule has 1 aromatic heterocycles. The maximum atomic E-state index is 5.80. The molecule has 3 heteroatoms. The first-order valence-corrected chi connectivity index (χ1v) is 5.76. The van der Waals surface area contributed by atoms with Gasteiger partial charge in [-0.15, -0.1) is 0 Å². The van der Waals surface area contributed by atoms with Crippen molar-refractivity contribution in [3.05, 3.63) is 54.4 Å². The van der Waals surface area contributed by atoms with E-state index in [9.17, 15) is 0 Å². The molecular weight excluding hydrogens is 212 g/mol. The van der Waals surface area contributed by atoms with Gasteiger partial charge in [0.1, 0.15) is 11.5 Å². The molecule has 17 heavy (non-hydrogen) atoms. The third-order valence-corrected chi connectivity index (χ3v) is 2.49. The highest BCUT2D eigenvalue weighted by Gasteiger charge is 2.03. The summed E-state index contributed by atoms with van der Waals surface area (Å²) in [6.45, 7) is 0.696. The summed E-state index contributed by atoms with van der Waals surface area (Å²) in [7, 11) is 0. The van der Waals surface area contributed by atoms with Crippen molar-refractivity contribution in [2.75, 3.05) is 6.54 Å². The van der Waals surface area contributed by atoms with E-state index in [1.54, 1.807) is 12.4 Å². The second kappa shape index (κ2) is 6.01. The first-order chi connectivity index (χ1) is 8.40. The molecule has 2 rings (SSSR count). The standard InChI is InChI=1S/C14H16N2O/c15-9-3-6-12-5-1-2-8-14(12)17-13-7-4-10-16-11-13/h1-2,4-5,7-8,10-11H,3,6,9,15H2. The van der Waals surface area contributed by atoms with E-state index < -0.39 is 0 Å². The number of nitrogens with two attached hydrogens (primary N) is 1. The van der Waals surface area contributed by atoms with E-state index in [1.165, 1.54) is 5.56 Å². The van der Waals surface area contributed by atoms with Crippen molar-refractivity contribution in [2.45, 2.75) is 12.8 Å². The fourth-order valence-corrected chi connectivity index (χ4v) is 1.64. The Labute approximate surface area is 101 Å². The molecule has 1 heterocycles. The lowest BCUT2D eigenvalue weighted by atomic mass is 10.1. The van der Waals surface area contributed by atoms with Crippen molar-refractivity contribution in [1.82, 2.24) is 4.98 Å². The minimum Gasteiger partial charge on any atom is -0.455 e. The van der Waals surface area contributed by atoms with Gasteiger partial charge in [0.2, 0.25) is 0 Å². The molecular formula is C14H16N2O. The number of ether oxygens (including phenoxy) is 1. The van der Waals surface area contributed by atoms with Gasteiger partial charge in [-0.1, -0.05) is 18.2 Å². The molecule has 0 bridgehead atoms. The average molecular weight is 228 g/mol. The second-order valence-corrected chi connectivity index (χ2v) is 3.79. The molecule has 0 atom stereocenters. The number of nitrogens with zero attached hydrogens (tertiary/aromatic N) is 1. The number of benzene rings is 1. The van der Waals surface area contributed by atoms with E-state index in [0.29, 0.717) is 6.54 Å². The predicted octanol–water partition coefficient (Wildman–Crippen LogP) is 2.77. The van der Waals surface area contributed by atoms with Crippen LogP contribution in [0.15, 0.2) is 48.8 Å². The zero-order valence-electron chi connectivity index (χ0n) is 9.67. The fourth-order valence-electron chi connectivity index (χ4n) is 1.64. The summed E-state index contributed by atoms with van der Waals surface area (Å²) in [5, 5.41) is 0. The maximum Gasteiger partial charge on any atom is 0.145 e. The summed E-state index contributed by atoms with van der Waals surface area (Å²) >= 11 is 0. The molecule has 0 amide bonds. The largest absolute Gasteiger partial charge is 0.455 e. The smallest absolute Gasteiger partial charge is 0.145 e. The first-order valence-electron chi connectivity index (χ1n) is 5.76. The molecule has 2 N–H and O–H groups in total. The van der Waals surface area contributed by atoms with Gasteiger partial charge < -0.3 is 10.5 Å². The highest BCUT2D eigenvalue weighted by molar-refractivity contribution is 5.37. The van der Waals surface area contributed by atoms with E-state index in [-0.39, 0.29) is 0 Å². The lowest BCUT2D eigenvalue weighted by Crippen LogP contribution is -2.01. The van der Waals surface area contributed by atoms with E-state index in [2.05, 4.69) is 11.1 Å². The van der Waals surface area contributed by atoms with Gasteiger partial charge in [-0.25, -0.2) is 0 Å². The predicted molar refractivity (Wildman–Crippen MR) is 68.1 cm³/mol. The molecule has 0 radical (unpaired) electrons. The third-order valence-electron chi connectivity index (χ3n) is 2.49. The minimum absolute atomic E-state index is 0.696. The minimum atomic E-state index is 0.696. The van der Waals surface area contributed by atoms with Gasteiger partial charge in [-0.05, 0) is 43.1 Å². The van der Waals surface area contributed by atoms with Crippen LogP contribution in [0.2, 0.25) is 0 Å². The Morgan fingerprint density at radius 3 is 2.76 bits per heavy atom. The van der Waals surface area contributed by atoms with Crippen molar-refractivity contribution in [3.63, 3.8) is 0 Å². The summed E-state index contributed by atoms with van der Waals surface area (Å²) in [6.07, 6.45) is 5.34. The second-order valence-electron chi connectivity index (χ2n) is 3.79.